The summed E-state index contributed by atoms with van der Waals surface area (Å²) in [5, 5.41) is 0. The number of rotatable bonds is 1. The summed E-state index contributed by atoms with van der Waals surface area (Å²) in [6.07, 6.45) is 0.513. The molecule has 2 saturated heterocycles. The maximum absolute atomic E-state index is 12.5. The summed E-state index contributed by atoms with van der Waals surface area (Å²) in [5.74, 6) is 0.646. The molecule has 6 heteroatoms. The summed E-state index contributed by atoms with van der Waals surface area (Å²) in [4.78, 5) is 6.16. The first kappa shape index (κ1) is 12.7. The summed E-state index contributed by atoms with van der Waals surface area (Å²) < 4.78 is 37.5. The van der Waals surface area contributed by atoms with Gasteiger partial charge in [0.2, 0.25) is 0 Å². The van der Waals surface area contributed by atoms with E-state index in [1.165, 1.54) is 6.07 Å². The molecule has 2 aliphatic rings. The van der Waals surface area contributed by atoms with Crippen LogP contribution >= 0.6 is 0 Å². The number of fused-ring (bicyclic) bond motifs is 2. The summed E-state index contributed by atoms with van der Waals surface area (Å²) in [5.41, 5.74) is 5.28. The van der Waals surface area contributed by atoms with Crippen LogP contribution in [0, 0.1) is 0 Å². The Hall–Kier alpha value is -1.30. The molecule has 0 aromatic carbocycles. The minimum absolute atomic E-state index is 0.211. The largest absolute Gasteiger partial charge is 0.417 e. The molecule has 2 bridgehead atoms. The summed E-state index contributed by atoms with van der Waals surface area (Å²) in [6.45, 7) is 0. The second kappa shape index (κ2) is 4.37. The molecule has 2 aliphatic heterocycles. The average molecular weight is 271 g/mol. The predicted octanol–water partition coefficient (Wildman–Crippen LogP) is 2.56. The van der Waals surface area contributed by atoms with E-state index in [2.05, 4.69) is 9.88 Å². The Kier molecular flexibility index (Phi) is 2.92. The van der Waals surface area contributed by atoms with Crippen molar-refractivity contribution in [2.75, 3.05) is 4.90 Å². The van der Waals surface area contributed by atoms with Gasteiger partial charge in [-0.1, -0.05) is 0 Å². The van der Waals surface area contributed by atoms with Crippen LogP contribution in [-0.2, 0) is 6.18 Å². The van der Waals surface area contributed by atoms with Gasteiger partial charge in [-0.15, -0.1) is 0 Å². The van der Waals surface area contributed by atoms with E-state index in [0.717, 1.165) is 37.9 Å². The van der Waals surface area contributed by atoms with Gasteiger partial charge in [-0.05, 0) is 37.8 Å². The highest BCUT2D eigenvalue weighted by molar-refractivity contribution is 5.45. The Bertz CT molecular complexity index is 443. The van der Waals surface area contributed by atoms with Crippen molar-refractivity contribution in [2.45, 2.75) is 50.0 Å². The molecule has 0 amide bonds. The molecule has 2 atom stereocenters. The topological polar surface area (TPSA) is 42.1 Å². The van der Waals surface area contributed by atoms with Crippen LogP contribution in [0.4, 0.5) is 19.0 Å². The van der Waals surface area contributed by atoms with E-state index in [-0.39, 0.29) is 6.04 Å². The molecule has 104 valence electrons. The third kappa shape index (κ3) is 2.29. The van der Waals surface area contributed by atoms with Gasteiger partial charge in [-0.2, -0.15) is 13.2 Å². The van der Waals surface area contributed by atoms with Gasteiger partial charge in [0.05, 0.1) is 5.56 Å². The van der Waals surface area contributed by atoms with Crippen LogP contribution in [-0.4, -0.2) is 23.1 Å². The number of anilines is 1. The van der Waals surface area contributed by atoms with Crippen molar-refractivity contribution in [1.29, 1.82) is 0 Å². The average Bonchev–Trinajstić information content (AvgIpc) is 2.61. The first-order valence-corrected chi connectivity index (χ1v) is 6.52. The molecule has 0 spiro atoms. The van der Waals surface area contributed by atoms with Gasteiger partial charge < -0.3 is 10.6 Å². The number of piperidine rings is 1. The van der Waals surface area contributed by atoms with Crippen molar-refractivity contribution in [3.05, 3.63) is 23.9 Å². The number of nitrogens with two attached hydrogens (primary N) is 1. The molecule has 3 rings (SSSR count). The zero-order valence-corrected chi connectivity index (χ0v) is 10.4. The van der Waals surface area contributed by atoms with Crippen molar-refractivity contribution < 1.29 is 13.2 Å². The number of alkyl halides is 3. The monoisotopic (exact) mass is 271 g/mol. The van der Waals surface area contributed by atoms with Gasteiger partial charge in [0.1, 0.15) is 5.82 Å². The molecule has 2 fully saturated rings. The summed E-state index contributed by atoms with van der Waals surface area (Å²) in [7, 11) is 0. The molecule has 2 N–H and O–H groups in total. The predicted molar refractivity (Wildman–Crippen MR) is 65.7 cm³/mol. The molecular formula is C13H16F3N3. The molecule has 19 heavy (non-hydrogen) atoms. The Morgan fingerprint density at radius 2 is 1.79 bits per heavy atom. The van der Waals surface area contributed by atoms with Crippen molar-refractivity contribution in [1.82, 2.24) is 4.98 Å². The fourth-order valence-electron chi connectivity index (χ4n) is 3.30. The molecule has 3 heterocycles. The second-order valence-corrected chi connectivity index (χ2v) is 5.43. The number of pyridine rings is 1. The van der Waals surface area contributed by atoms with Gasteiger partial charge in [0.15, 0.2) is 0 Å². The van der Waals surface area contributed by atoms with Crippen LogP contribution in [0.5, 0.6) is 0 Å². The number of hydrogen-bond acceptors (Lipinski definition) is 3. The van der Waals surface area contributed by atoms with Crippen molar-refractivity contribution in [3.63, 3.8) is 0 Å². The van der Waals surface area contributed by atoms with Crippen LogP contribution in [0.15, 0.2) is 18.3 Å². The van der Waals surface area contributed by atoms with E-state index < -0.39 is 11.7 Å². The number of hydrogen-bond donors (Lipinski definition) is 1. The lowest BCUT2D eigenvalue weighted by molar-refractivity contribution is -0.137. The second-order valence-electron chi connectivity index (χ2n) is 5.43. The number of aromatic nitrogens is 1. The van der Waals surface area contributed by atoms with E-state index in [9.17, 15) is 13.2 Å². The Labute approximate surface area is 109 Å². The van der Waals surface area contributed by atoms with Crippen LogP contribution in [0.3, 0.4) is 0 Å². The lowest BCUT2D eigenvalue weighted by atomic mass is 9.98. The van der Waals surface area contributed by atoms with Gasteiger partial charge in [-0.25, -0.2) is 4.98 Å². The smallest absolute Gasteiger partial charge is 0.351 e. The van der Waals surface area contributed by atoms with Crippen LogP contribution in [0.25, 0.3) is 0 Å². The zero-order chi connectivity index (χ0) is 13.6. The van der Waals surface area contributed by atoms with E-state index >= 15 is 0 Å². The minimum Gasteiger partial charge on any atom is -0.351 e. The van der Waals surface area contributed by atoms with Gasteiger partial charge in [-0.3, -0.25) is 0 Å². The Morgan fingerprint density at radius 1 is 1.16 bits per heavy atom. The third-order valence-corrected chi connectivity index (χ3v) is 4.11. The van der Waals surface area contributed by atoms with Crippen LogP contribution < -0.4 is 10.6 Å². The van der Waals surface area contributed by atoms with E-state index in [4.69, 9.17) is 5.73 Å². The molecule has 0 aliphatic carbocycles. The summed E-state index contributed by atoms with van der Waals surface area (Å²) >= 11 is 0. The molecule has 1 aromatic heterocycles. The van der Waals surface area contributed by atoms with E-state index in [0.29, 0.717) is 17.9 Å². The first-order chi connectivity index (χ1) is 8.95. The van der Waals surface area contributed by atoms with Crippen molar-refractivity contribution in [2.24, 2.45) is 5.73 Å². The fourth-order valence-corrected chi connectivity index (χ4v) is 3.30. The molecular weight excluding hydrogens is 255 g/mol. The SMILES string of the molecule is NC1CC2CCC(C1)N2c1ccc(C(F)(F)F)cn1. The lowest BCUT2D eigenvalue weighted by Crippen LogP contribution is -2.47. The highest BCUT2D eigenvalue weighted by Crippen LogP contribution is 2.38. The van der Waals surface area contributed by atoms with E-state index in [1.54, 1.807) is 0 Å². The van der Waals surface area contributed by atoms with Crippen LogP contribution in [0.2, 0.25) is 0 Å². The highest BCUT2D eigenvalue weighted by Gasteiger charge is 2.40. The number of halogens is 3. The Morgan fingerprint density at radius 3 is 2.26 bits per heavy atom. The molecule has 1 aromatic rings. The van der Waals surface area contributed by atoms with Crippen molar-refractivity contribution in [3.8, 4) is 0 Å². The lowest BCUT2D eigenvalue weighted by Gasteiger charge is -2.38. The highest BCUT2D eigenvalue weighted by atomic mass is 19.4. The first-order valence-electron chi connectivity index (χ1n) is 6.52. The number of nitrogens with zero attached hydrogens (tertiary/aromatic N) is 2. The molecule has 3 nitrogen and oxygen atoms in total. The van der Waals surface area contributed by atoms with Gasteiger partial charge in [0, 0.05) is 24.3 Å². The summed E-state index contributed by atoms with van der Waals surface area (Å²) in [6, 6.07) is 3.46. The Balaban J connectivity index is 1.84. The third-order valence-electron chi connectivity index (χ3n) is 4.11. The molecule has 2 unspecified atom stereocenters. The standard InChI is InChI=1S/C13H16F3N3/c14-13(15,16)8-1-4-12(18-7-8)19-10-2-3-11(19)6-9(17)5-10/h1,4,7,9-11H,2-3,5-6,17H2. The molecule has 0 saturated carbocycles. The van der Waals surface area contributed by atoms with Crippen LogP contribution in [0.1, 0.15) is 31.2 Å². The van der Waals surface area contributed by atoms with Crippen molar-refractivity contribution >= 4 is 5.82 Å². The fraction of sp³-hybridized carbons (Fsp3) is 0.615. The normalized spacial score (nSPS) is 30.7. The maximum Gasteiger partial charge on any atom is 0.417 e. The minimum atomic E-state index is -4.32. The van der Waals surface area contributed by atoms with E-state index in [1.807, 2.05) is 0 Å². The maximum atomic E-state index is 12.5. The molecule has 0 radical (unpaired) electrons. The van der Waals surface area contributed by atoms with Gasteiger partial charge in [0.25, 0.3) is 0 Å². The zero-order valence-electron chi connectivity index (χ0n) is 10.4. The quantitative estimate of drug-likeness (QED) is 0.853. The van der Waals surface area contributed by atoms with Gasteiger partial charge >= 0.3 is 6.18 Å².